The van der Waals surface area contributed by atoms with E-state index in [2.05, 4.69) is 4.98 Å². The molecule has 0 saturated carbocycles. The number of hydrogen-bond donors (Lipinski definition) is 2. The van der Waals surface area contributed by atoms with E-state index in [1.807, 2.05) is 36.0 Å². The molecular weight excluding hydrogens is 403 g/mol. The number of aromatic amines is 1. The topological polar surface area (TPSA) is 79.0 Å². The minimum atomic E-state index is -4.01. The molecule has 1 aromatic carbocycles. The fraction of sp³-hybridized carbons (Fsp3) is 0.0625. The van der Waals surface area contributed by atoms with Gasteiger partial charge in [0.05, 0.1) is 10.5 Å². The summed E-state index contributed by atoms with van der Waals surface area (Å²) in [4.78, 5) is 15.1. The monoisotopic (exact) mass is 414 g/mol. The first kappa shape index (κ1) is 18.0. The molecule has 0 saturated heterocycles. The molecule has 0 radical (unpaired) electrons. The average Bonchev–Trinajstić information content (AvgIpc) is 3.09. The first-order valence-corrected chi connectivity index (χ1v) is 10.1. The minimum Gasteiger partial charge on any atom is -0.360 e. The summed E-state index contributed by atoms with van der Waals surface area (Å²) in [5, 5.41) is 1.17. The number of hydrogen-bond acceptors (Lipinski definition) is 4. The Morgan fingerprint density at radius 2 is 2.08 bits per heavy atom. The number of carbonyl (C=O) groups excluding carboxylic acids is 1. The van der Waals surface area contributed by atoms with Crippen molar-refractivity contribution in [3.05, 3.63) is 57.0 Å². The number of halogens is 2. The van der Waals surface area contributed by atoms with Crippen LogP contribution in [0.4, 0.5) is 0 Å². The Morgan fingerprint density at radius 1 is 1.32 bits per heavy atom. The first-order valence-electron chi connectivity index (χ1n) is 7.04. The van der Waals surface area contributed by atoms with Gasteiger partial charge in [0.25, 0.3) is 15.9 Å². The molecule has 3 rings (SSSR count). The van der Waals surface area contributed by atoms with Crippen LogP contribution in [0, 0.1) is 6.92 Å². The van der Waals surface area contributed by atoms with E-state index in [0.717, 1.165) is 33.4 Å². The van der Waals surface area contributed by atoms with E-state index in [1.54, 1.807) is 6.08 Å². The van der Waals surface area contributed by atoms with Crippen molar-refractivity contribution in [3.8, 4) is 0 Å². The maximum absolute atomic E-state index is 12.2. The number of thiophene rings is 1. The molecule has 2 N–H and O–H groups in total. The maximum atomic E-state index is 12.2. The number of aromatic nitrogens is 1. The maximum Gasteiger partial charge on any atom is 0.273 e. The zero-order valence-electron chi connectivity index (χ0n) is 12.8. The third kappa shape index (κ3) is 3.74. The highest BCUT2D eigenvalue weighted by molar-refractivity contribution is 7.92. The number of carbonyl (C=O) groups is 1. The normalized spacial score (nSPS) is 12.1. The molecule has 0 aliphatic heterocycles. The van der Waals surface area contributed by atoms with Gasteiger partial charge in [0.15, 0.2) is 0 Å². The van der Waals surface area contributed by atoms with Crippen LogP contribution < -0.4 is 4.72 Å². The van der Waals surface area contributed by atoms with E-state index < -0.39 is 15.9 Å². The van der Waals surface area contributed by atoms with Gasteiger partial charge in [-0.2, -0.15) is 0 Å². The third-order valence-electron chi connectivity index (χ3n) is 3.49. The summed E-state index contributed by atoms with van der Waals surface area (Å²) in [6.07, 6.45) is 4.59. The summed E-state index contributed by atoms with van der Waals surface area (Å²) >= 11 is 12.3. The zero-order valence-corrected chi connectivity index (χ0v) is 16.0. The number of sulfonamides is 1. The Balaban J connectivity index is 1.81. The van der Waals surface area contributed by atoms with Crippen LogP contribution >= 0.6 is 34.5 Å². The van der Waals surface area contributed by atoms with Crippen molar-refractivity contribution in [1.82, 2.24) is 9.71 Å². The predicted octanol–water partition coefficient (Wildman–Crippen LogP) is 4.36. The molecule has 0 atom stereocenters. The van der Waals surface area contributed by atoms with Crippen molar-refractivity contribution in [1.29, 1.82) is 0 Å². The van der Waals surface area contributed by atoms with Gasteiger partial charge in [-0.1, -0.05) is 41.4 Å². The Labute approximate surface area is 158 Å². The second kappa shape index (κ2) is 6.84. The number of benzene rings is 1. The van der Waals surface area contributed by atoms with E-state index in [9.17, 15) is 13.2 Å². The lowest BCUT2D eigenvalue weighted by molar-refractivity contribution is -0.114. The molecular formula is C16H12Cl2N2O3S2. The summed E-state index contributed by atoms with van der Waals surface area (Å²) in [6, 6.07) is 6.87. The average molecular weight is 415 g/mol. The number of para-hydroxylation sites is 1. The molecule has 0 aliphatic rings. The van der Waals surface area contributed by atoms with Crippen molar-refractivity contribution in [2.75, 3.05) is 0 Å². The highest BCUT2D eigenvalue weighted by Gasteiger charge is 2.20. The highest BCUT2D eigenvalue weighted by atomic mass is 35.5. The summed E-state index contributed by atoms with van der Waals surface area (Å²) in [7, 11) is -4.01. The number of aryl methyl sites for hydroxylation is 1. The summed E-state index contributed by atoms with van der Waals surface area (Å²) in [5.74, 6) is -0.763. The van der Waals surface area contributed by atoms with E-state index in [0.29, 0.717) is 0 Å². The van der Waals surface area contributed by atoms with Gasteiger partial charge in [-0.25, -0.2) is 13.1 Å². The Kier molecular flexibility index (Phi) is 4.92. The number of amides is 1. The van der Waals surface area contributed by atoms with Crippen LogP contribution in [0.3, 0.4) is 0 Å². The van der Waals surface area contributed by atoms with Crippen LogP contribution in [0.15, 0.2) is 40.7 Å². The van der Waals surface area contributed by atoms with Crippen molar-refractivity contribution >= 4 is 67.4 Å². The molecule has 9 heteroatoms. The number of nitrogens with one attached hydrogen (secondary N) is 2. The lowest BCUT2D eigenvalue weighted by atomic mass is 10.1. The molecule has 130 valence electrons. The smallest absolute Gasteiger partial charge is 0.273 e. The van der Waals surface area contributed by atoms with Gasteiger partial charge in [0, 0.05) is 17.7 Å². The molecule has 25 heavy (non-hydrogen) atoms. The van der Waals surface area contributed by atoms with E-state index in [1.165, 1.54) is 12.1 Å². The second-order valence-electron chi connectivity index (χ2n) is 5.23. The molecule has 0 fully saturated rings. The highest BCUT2D eigenvalue weighted by Crippen LogP contribution is 2.34. The van der Waals surface area contributed by atoms with Gasteiger partial charge in [-0.15, -0.1) is 11.3 Å². The van der Waals surface area contributed by atoms with Crippen LogP contribution in [-0.4, -0.2) is 19.3 Å². The van der Waals surface area contributed by atoms with Crippen molar-refractivity contribution in [2.24, 2.45) is 0 Å². The molecule has 2 heterocycles. The molecule has 0 spiro atoms. The largest absolute Gasteiger partial charge is 0.360 e. The Hall–Kier alpha value is -1.80. The van der Waals surface area contributed by atoms with Crippen LogP contribution in [-0.2, 0) is 14.8 Å². The molecule has 2 aromatic heterocycles. The van der Waals surface area contributed by atoms with Crippen molar-refractivity contribution in [2.45, 2.75) is 11.1 Å². The fourth-order valence-electron chi connectivity index (χ4n) is 2.30. The summed E-state index contributed by atoms with van der Waals surface area (Å²) in [6.45, 7) is 1.98. The lowest BCUT2D eigenvalue weighted by Gasteiger charge is -2.02. The predicted molar refractivity (Wildman–Crippen MR) is 102 cm³/mol. The van der Waals surface area contributed by atoms with Crippen LogP contribution in [0.1, 0.15) is 11.1 Å². The van der Waals surface area contributed by atoms with E-state index in [4.69, 9.17) is 23.2 Å². The van der Waals surface area contributed by atoms with Gasteiger partial charge < -0.3 is 4.98 Å². The molecule has 1 amide bonds. The van der Waals surface area contributed by atoms with Crippen LogP contribution in [0.5, 0.6) is 0 Å². The lowest BCUT2D eigenvalue weighted by Crippen LogP contribution is -2.28. The standard InChI is InChI=1S/C16H12Cl2N2O3S2/c1-9-8-19-15-10(3-2-4-11(9)15)5-6-13(21)20-25(22,23)14-7-12(17)16(18)24-14/h2-8,19H,1H3,(H,20,21)/b6-5+. The molecule has 0 aliphatic carbocycles. The van der Waals surface area contributed by atoms with Gasteiger partial charge in [0.1, 0.15) is 8.55 Å². The van der Waals surface area contributed by atoms with Gasteiger partial charge in [-0.3, -0.25) is 4.79 Å². The van der Waals surface area contributed by atoms with Crippen LogP contribution in [0.25, 0.3) is 17.0 Å². The van der Waals surface area contributed by atoms with Crippen LogP contribution in [0.2, 0.25) is 9.36 Å². The van der Waals surface area contributed by atoms with E-state index in [-0.39, 0.29) is 13.6 Å². The molecule has 0 unspecified atom stereocenters. The number of fused-ring (bicyclic) bond motifs is 1. The molecule has 0 bridgehead atoms. The molecule has 3 aromatic rings. The quantitative estimate of drug-likeness (QED) is 0.622. The Bertz CT molecular complexity index is 1080. The molecule has 5 nitrogen and oxygen atoms in total. The van der Waals surface area contributed by atoms with Gasteiger partial charge >= 0.3 is 0 Å². The Morgan fingerprint density at radius 3 is 2.76 bits per heavy atom. The first-order chi connectivity index (χ1) is 11.8. The fourth-order valence-corrected chi connectivity index (χ4v) is 5.12. The third-order valence-corrected chi connectivity index (χ3v) is 7.18. The van der Waals surface area contributed by atoms with Gasteiger partial charge in [0.2, 0.25) is 0 Å². The SMILES string of the molecule is Cc1c[nH]c2c(/C=C/C(=O)NS(=O)(=O)c3cc(Cl)c(Cl)s3)cccc12. The number of rotatable bonds is 4. The van der Waals surface area contributed by atoms with Gasteiger partial charge in [-0.05, 0) is 30.2 Å². The van der Waals surface area contributed by atoms with Crippen molar-refractivity contribution < 1.29 is 13.2 Å². The summed E-state index contributed by atoms with van der Waals surface area (Å²) in [5.41, 5.74) is 2.74. The second-order valence-corrected chi connectivity index (χ2v) is 9.20. The van der Waals surface area contributed by atoms with E-state index >= 15 is 0 Å². The zero-order chi connectivity index (χ0) is 18.2. The van der Waals surface area contributed by atoms with Crippen molar-refractivity contribution in [3.63, 3.8) is 0 Å². The minimum absolute atomic E-state index is 0.119. The number of H-pyrrole nitrogens is 1. The summed E-state index contributed by atoms with van der Waals surface area (Å²) < 4.78 is 26.3.